The van der Waals surface area contributed by atoms with E-state index in [1.54, 1.807) is 6.92 Å². The molecule has 5 heteroatoms. The van der Waals surface area contributed by atoms with Gasteiger partial charge in [-0.2, -0.15) is 0 Å². The van der Waals surface area contributed by atoms with E-state index in [2.05, 4.69) is 79.1 Å². The summed E-state index contributed by atoms with van der Waals surface area (Å²) in [7, 11) is 0. The van der Waals surface area contributed by atoms with Crippen LogP contribution in [0.15, 0.2) is 48.5 Å². The molecule has 2 aromatic rings. The quantitative estimate of drug-likeness (QED) is 0.461. The van der Waals surface area contributed by atoms with Crippen molar-refractivity contribution < 1.29 is 9.59 Å². The highest BCUT2D eigenvalue weighted by Gasteiger charge is 2.35. The summed E-state index contributed by atoms with van der Waals surface area (Å²) < 4.78 is 0. The molecule has 1 atom stereocenters. The number of aryl methyl sites for hydroxylation is 2. The van der Waals surface area contributed by atoms with E-state index in [1.165, 1.54) is 22.3 Å². The molecular weight excluding hydrogens is 458 g/mol. The standard InChI is InChI=1S/C32H45N3O2/c1-5-6-7-30-23-34(20-21-35(30)31(37)22-27-16-18-33(19-17-27)26(4)36)32(28-12-8-24(2)9-13-28)29-14-10-25(3)11-15-29/h8-15,27,30,32H,5-7,16-23H2,1-4H3. The van der Waals surface area contributed by atoms with Crippen molar-refractivity contribution in [1.82, 2.24) is 14.7 Å². The summed E-state index contributed by atoms with van der Waals surface area (Å²) in [6, 6.07) is 18.4. The molecule has 0 aliphatic carbocycles. The second-order valence-corrected chi connectivity index (χ2v) is 11.3. The van der Waals surface area contributed by atoms with Crippen LogP contribution in [0.1, 0.15) is 80.7 Å². The van der Waals surface area contributed by atoms with Gasteiger partial charge in [0.1, 0.15) is 0 Å². The SMILES string of the molecule is CCCCC1CN(C(c2ccc(C)cc2)c2ccc(C)cc2)CCN1C(=O)CC1CCN(C(C)=O)CC1. The number of amides is 2. The second-order valence-electron chi connectivity index (χ2n) is 11.3. The number of rotatable bonds is 8. The molecule has 0 spiro atoms. The van der Waals surface area contributed by atoms with Crippen molar-refractivity contribution in [3.63, 3.8) is 0 Å². The predicted molar refractivity (Wildman–Crippen MR) is 150 cm³/mol. The molecule has 0 saturated carbocycles. The maximum Gasteiger partial charge on any atom is 0.223 e. The first-order valence-electron chi connectivity index (χ1n) is 14.3. The van der Waals surface area contributed by atoms with Gasteiger partial charge in [-0.3, -0.25) is 14.5 Å². The minimum atomic E-state index is 0.150. The van der Waals surface area contributed by atoms with Gasteiger partial charge in [0.05, 0.1) is 6.04 Å². The Hall–Kier alpha value is -2.66. The number of hydrogen-bond acceptors (Lipinski definition) is 3. The number of carbonyl (C=O) groups excluding carboxylic acids is 2. The lowest BCUT2D eigenvalue weighted by Crippen LogP contribution is -2.56. The Labute approximate surface area is 223 Å². The molecule has 2 aliphatic rings. The Morgan fingerprint density at radius 2 is 1.43 bits per heavy atom. The maximum atomic E-state index is 13.6. The van der Waals surface area contributed by atoms with Crippen molar-refractivity contribution in [1.29, 1.82) is 0 Å². The minimum absolute atomic E-state index is 0.150. The van der Waals surface area contributed by atoms with Crippen LogP contribution in [0.25, 0.3) is 0 Å². The number of piperazine rings is 1. The van der Waals surface area contributed by atoms with Gasteiger partial charge in [0.25, 0.3) is 0 Å². The van der Waals surface area contributed by atoms with Crippen LogP contribution in [0.3, 0.4) is 0 Å². The molecule has 2 amide bonds. The van der Waals surface area contributed by atoms with Crippen molar-refractivity contribution in [3.8, 4) is 0 Å². The molecule has 2 saturated heterocycles. The normalized spacial score (nSPS) is 19.4. The molecule has 4 rings (SSSR count). The lowest BCUT2D eigenvalue weighted by Gasteiger charge is -2.45. The first-order chi connectivity index (χ1) is 17.9. The molecule has 200 valence electrons. The van der Waals surface area contributed by atoms with E-state index in [1.807, 2.05) is 4.90 Å². The van der Waals surface area contributed by atoms with E-state index in [-0.39, 0.29) is 18.0 Å². The van der Waals surface area contributed by atoms with E-state index >= 15 is 0 Å². The molecule has 37 heavy (non-hydrogen) atoms. The predicted octanol–water partition coefficient (Wildman–Crippen LogP) is 5.74. The molecule has 0 N–H and O–H groups in total. The zero-order valence-electron chi connectivity index (χ0n) is 23.3. The van der Waals surface area contributed by atoms with Gasteiger partial charge in [-0.05, 0) is 50.2 Å². The molecule has 0 bridgehead atoms. The average molecular weight is 504 g/mol. The van der Waals surface area contributed by atoms with Crippen molar-refractivity contribution >= 4 is 11.8 Å². The Kier molecular flexibility index (Phi) is 9.42. The third-order valence-corrected chi connectivity index (χ3v) is 8.40. The second kappa shape index (κ2) is 12.7. The van der Waals surface area contributed by atoms with Crippen LogP contribution in [0, 0.1) is 19.8 Å². The third kappa shape index (κ3) is 7.01. The molecule has 0 radical (unpaired) electrons. The summed E-state index contributed by atoms with van der Waals surface area (Å²) in [5.41, 5.74) is 5.19. The van der Waals surface area contributed by atoms with Gasteiger partial charge in [0, 0.05) is 52.1 Å². The summed E-state index contributed by atoms with van der Waals surface area (Å²) in [6.07, 6.45) is 5.83. The van der Waals surface area contributed by atoms with Crippen LogP contribution in [-0.2, 0) is 9.59 Å². The highest BCUT2D eigenvalue weighted by molar-refractivity contribution is 5.77. The fraction of sp³-hybridized carbons (Fsp3) is 0.562. The molecule has 0 aromatic heterocycles. The Morgan fingerprint density at radius 3 is 1.95 bits per heavy atom. The van der Waals surface area contributed by atoms with Gasteiger partial charge >= 0.3 is 0 Å². The van der Waals surface area contributed by atoms with E-state index < -0.39 is 0 Å². The maximum absolute atomic E-state index is 13.6. The molecule has 2 heterocycles. The lowest BCUT2D eigenvalue weighted by atomic mass is 9.91. The van der Waals surface area contributed by atoms with Gasteiger partial charge < -0.3 is 9.80 Å². The van der Waals surface area contributed by atoms with E-state index in [0.717, 1.165) is 64.8 Å². The van der Waals surface area contributed by atoms with Crippen LogP contribution in [0.2, 0.25) is 0 Å². The lowest BCUT2D eigenvalue weighted by molar-refractivity contribution is -0.138. The number of unbranched alkanes of at least 4 members (excludes halogenated alkanes) is 1. The first kappa shape index (κ1) is 27.4. The summed E-state index contributed by atoms with van der Waals surface area (Å²) in [6.45, 7) is 12.3. The van der Waals surface area contributed by atoms with Crippen molar-refractivity contribution in [2.75, 3.05) is 32.7 Å². The van der Waals surface area contributed by atoms with Gasteiger partial charge in [-0.15, -0.1) is 0 Å². The number of nitrogens with zero attached hydrogens (tertiary/aromatic N) is 3. The largest absolute Gasteiger partial charge is 0.343 e. The van der Waals surface area contributed by atoms with Crippen LogP contribution in [0.4, 0.5) is 0 Å². The molecule has 2 aliphatic heterocycles. The Morgan fingerprint density at radius 1 is 0.865 bits per heavy atom. The van der Waals surface area contributed by atoms with Gasteiger partial charge in [-0.25, -0.2) is 0 Å². The fourth-order valence-electron chi connectivity index (χ4n) is 6.06. The molecule has 5 nitrogen and oxygen atoms in total. The molecule has 2 aromatic carbocycles. The number of hydrogen-bond donors (Lipinski definition) is 0. The summed E-state index contributed by atoms with van der Waals surface area (Å²) in [5, 5.41) is 0. The molecule has 2 fully saturated rings. The third-order valence-electron chi connectivity index (χ3n) is 8.40. The fourth-order valence-corrected chi connectivity index (χ4v) is 6.06. The summed E-state index contributed by atoms with van der Waals surface area (Å²) in [5.74, 6) is 0.849. The smallest absolute Gasteiger partial charge is 0.223 e. The highest BCUT2D eigenvalue weighted by atomic mass is 16.2. The average Bonchev–Trinajstić information content (AvgIpc) is 2.90. The van der Waals surface area contributed by atoms with Crippen molar-refractivity contribution in [3.05, 3.63) is 70.8 Å². The van der Waals surface area contributed by atoms with Gasteiger partial charge in [0.2, 0.25) is 11.8 Å². The summed E-state index contributed by atoms with van der Waals surface area (Å²) >= 11 is 0. The topological polar surface area (TPSA) is 43.9 Å². The van der Waals surface area contributed by atoms with Crippen LogP contribution < -0.4 is 0 Å². The number of piperidine rings is 1. The van der Waals surface area contributed by atoms with Crippen LogP contribution in [-0.4, -0.2) is 65.3 Å². The number of carbonyl (C=O) groups is 2. The van der Waals surface area contributed by atoms with Gasteiger partial charge in [0.15, 0.2) is 0 Å². The monoisotopic (exact) mass is 503 g/mol. The van der Waals surface area contributed by atoms with E-state index in [4.69, 9.17) is 0 Å². The summed E-state index contributed by atoms with van der Waals surface area (Å²) in [4.78, 5) is 32.0. The zero-order chi connectivity index (χ0) is 26.4. The van der Waals surface area contributed by atoms with E-state index in [0.29, 0.717) is 18.2 Å². The Bertz CT molecular complexity index is 980. The van der Waals surface area contributed by atoms with Gasteiger partial charge in [-0.1, -0.05) is 79.4 Å². The van der Waals surface area contributed by atoms with Crippen molar-refractivity contribution in [2.24, 2.45) is 5.92 Å². The van der Waals surface area contributed by atoms with Crippen LogP contribution >= 0.6 is 0 Å². The zero-order valence-corrected chi connectivity index (χ0v) is 23.3. The molecule has 1 unspecified atom stereocenters. The van der Waals surface area contributed by atoms with E-state index in [9.17, 15) is 9.59 Å². The number of likely N-dealkylation sites (tertiary alicyclic amines) is 1. The highest BCUT2D eigenvalue weighted by Crippen LogP contribution is 2.33. The first-order valence-corrected chi connectivity index (χ1v) is 14.3. The van der Waals surface area contributed by atoms with Crippen LogP contribution in [0.5, 0.6) is 0 Å². The Balaban J connectivity index is 1.49. The number of benzene rings is 2. The minimum Gasteiger partial charge on any atom is -0.343 e. The molecular formula is C32H45N3O2. The van der Waals surface area contributed by atoms with Crippen molar-refractivity contribution in [2.45, 2.75) is 78.3 Å².